The van der Waals surface area contributed by atoms with Crippen molar-refractivity contribution in [1.82, 2.24) is 0 Å². The highest BCUT2D eigenvalue weighted by molar-refractivity contribution is 7.99. The van der Waals surface area contributed by atoms with Crippen molar-refractivity contribution in [3.8, 4) is 0 Å². The van der Waals surface area contributed by atoms with E-state index in [2.05, 4.69) is 17.9 Å². The number of hydrogen-bond donors (Lipinski definition) is 1. The van der Waals surface area contributed by atoms with Crippen LogP contribution in [0.4, 0.5) is 5.69 Å². The van der Waals surface area contributed by atoms with Gasteiger partial charge in [0, 0.05) is 10.6 Å². The fourth-order valence-electron chi connectivity index (χ4n) is 1.89. The van der Waals surface area contributed by atoms with Crippen LogP contribution < -0.4 is 4.72 Å². The van der Waals surface area contributed by atoms with Crippen LogP contribution in [0.5, 0.6) is 0 Å². The second-order valence-corrected chi connectivity index (χ2v) is 8.29. The normalized spacial score (nSPS) is 11.1. The summed E-state index contributed by atoms with van der Waals surface area (Å²) in [6, 6.07) is 14.1. The third-order valence-corrected chi connectivity index (χ3v) is 6.01. The van der Waals surface area contributed by atoms with Crippen molar-refractivity contribution in [3.63, 3.8) is 0 Å². The predicted octanol–water partition coefficient (Wildman–Crippen LogP) is 5.02. The van der Waals surface area contributed by atoms with E-state index in [1.54, 1.807) is 30.3 Å². The Kier molecular flexibility index (Phi) is 5.91. The molecule has 126 valence electrons. The third kappa shape index (κ3) is 4.76. The molecule has 24 heavy (non-hydrogen) atoms. The zero-order chi connectivity index (χ0) is 17.7. The first-order valence-electron chi connectivity index (χ1n) is 7.44. The Hall–Kier alpha value is -1.98. The number of anilines is 1. The lowest BCUT2D eigenvalue weighted by Gasteiger charge is -2.13. The summed E-state index contributed by atoms with van der Waals surface area (Å²) in [6.07, 6.45) is 0. The maximum absolute atomic E-state index is 12.6. The smallest absolute Gasteiger partial charge is 0.261 e. The SMILES string of the molecule is C=C(C)C(=C)CSc1ccccc1NS(=O)(=O)c1ccc(C)cc1. The van der Waals surface area contributed by atoms with Gasteiger partial charge in [-0.1, -0.05) is 48.6 Å². The molecule has 0 atom stereocenters. The average molecular weight is 360 g/mol. The Morgan fingerprint density at radius 2 is 1.71 bits per heavy atom. The van der Waals surface area contributed by atoms with Gasteiger partial charge in [-0.15, -0.1) is 11.8 Å². The van der Waals surface area contributed by atoms with Crippen LogP contribution >= 0.6 is 11.8 Å². The Labute approximate surface area is 148 Å². The van der Waals surface area contributed by atoms with Gasteiger partial charge in [-0.2, -0.15) is 0 Å². The predicted molar refractivity (Wildman–Crippen MR) is 103 cm³/mol. The number of para-hydroxylation sites is 1. The zero-order valence-corrected chi connectivity index (χ0v) is 15.5. The summed E-state index contributed by atoms with van der Waals surface area (Å²) in [6.45, 7) is 11.7. The first-order chi connectivity index (χ1) is 11.3. The van der Waals surface area contributed by atoms with Crippen molar-refractivity contribution in [1.29, 1.82) is 0 Å². The Morgan fingerprint density at radius 3 is 2.33 bits per heavy atom. The van der Waals surface area contributed by atoms with Crippen molar-refractivity contribution in [2.45, 2.75) is 23.6 Å². The van der Waals surface area contributed by atoms with Gasteiger partial charge in [0.2, 0.25) is 0 Å². The molecule has 0 aliphatic heterocycles. The molecule has 0 bridgehead atoms. The highest BCUT2D eigenvalue weighted by Crippen LogP contribution is 2.30. The van der Waals surface area contributed by atoms with Crippen LogP contribution in [0.15, 0.2) is 82.6 Å². The van der Waals surface area contributed by atoms with Gasteiger partial charge in [-0.25, -0.2) is 8.42 Å². The Bertz CT molecular complexity index is 853. The molecule has 2 aromatic carbocycles. The maximum atomic E-state index is 12.6. The molecule has 2 rings (SSSR count). The van der Waals surface area contributed by atoms with Gasteiger partial charge in [0.1, 0.15) is 0 Å². The number of hydrogen-bond acceptors (Lipinski definition) is 3. The maximum Gasteiger partial charge on any atom is 0.261 e. The molecule has 1 N–H and O–H groups in total. The average Bonchev–Trinajstić information content (AvgIpc) is 2.53. The highest BCUT2D eigenvalue weighted by atomic mass is 32.2. The van der Waals surface area contributed by atoms with E-state index in [0.29, 0.717) is 11.4 Å². The topological polar surface area (TPSA) is 46.2 Å². The summed E-state index contributed by atoms with van der Waals surface area (Å²) in [7, 11) is -3.61. The second kappa shape index (κ2) is 7.73. The minimum absolute atomic E-state index is 0.249. The summed E-state index contributed by atoms with van der Waals surface area (Å²) < 4.78 is 27.8. The van der Waals surface area contributed by atoms with Crippen molar-refractivity contribution in [2.75, 3.05) is 10.5 Å². The molecule has 0 heterocycles. The summed E-state index contributed by atoms with van der Waals surface area (Å²) in [5.74, 6) is 0.665. The summed E-state index contributed by atoms with van der Waals surface area (Å²) in [4.78, 5) is 1.11. The number of nitrogens with one attached hydrogen (secondary N) is 1. The molecule has 0 amide bonds. The molecule has 0 aromatic heterocycles. The molecule has 0 saturated carbocycles. The van der Waals surface area contributed by atoms with Gasteiger partial charge >= 0.3 is 0 Å². The minimum Gasteiger partial charge on any atom is -0.278 e. The Balaban J connectivity index is 2.22. The molecule has 5 heteroatoms. The van der Waals surface area contributed by atoms with Gasteiger partial charge in [0.15, 0.2) is 0 Å². The molecule has 0 aliphatic carbocycles. The van der Waals surface area contributed by atoms with E-state index in [1.165, 1.54) is 11.8 Å². The molecule has 2 aromatic rings. The highest BCUT2D eigenvalue weighted by Gasteiger charge is 2.16. The standard InChI is InChI=1S/C19H21NO2S2/c1-14(2)16(4)13-23-19-8-6-5-7-18(19)20-24(21,22)17-11-9-15(3)10-12-17/h5-12,20H,1,4,13H2,2-3H3. The van der Waals surface area contributed by atoms with E-state index in [-0.39, 0.29) is 4.90 Å². The second-order valence-electron chi connectivity index (χ2n) is 5.59. The number of benzene rings is 2. The molecule has 0 spiro atoms. The lowest BCUT2D eigenvalue weighted by Crippen LogP contribution is -2.13. The minimum atomic E-state index is -3.61. The third-order valence-electron chi connectivity index (χ3n) is 3.47. The van der Waals surface area contributed by atoms with E-state index in [1.807, 2.05) is 32.0 Å². The molecule has 0 radical (unpaired) electrons. The van der Waals surface area contributed by atoms with E-state index < -0.39 is 10.0 Å². The zero-order valence-electron chi connectivity index (χ0n) is 13.9. The molecular formula is C19H21NO2S2. The van der Waals surface area contributed by atoms with Gasteiger partial charge < -0.3 is 0 Å². The van der Waals surface area contributed by atoms with Crippen LogP contribution in [0.2, 0.25) is 0 Å². The number of aryl methyl sites for hydroxylation is 1. The van der Waals surface area contributed by atoms with Crippen LogP contribution in [0.25, 0.3) is 0 Å². The molecule has 3 nitrogen and oxygen atoms in total. The van der Waals surface area contributed by atoms with E-state index in [4.69, 9.17) is 0 Å². The number of allylic oxidation sites excluding steroid dienone is 1. The summed E-state index contributed by atoms with van der Waals surface area (Å²) >= 11 is 1.53. The van der Waals surface area contributed by atoms with Crippen molar-refractivity contribution < 1.29 is 8.42 Å². The molecule has 0 aliphatic rings. The summed E-state index contributed by atoms with van der Waals surface area (Å²) in [5.41, 5.74) is 3.46. The Morgan fingerprint density at radius 1 is 1.08 bits per heavy atom. The molecular weight excluding hydrogens is 338 g/mol. The number of rotatable bonds is 7. The van der Waals surface area contributed by atoms with Crippen LogP contribution in [-0.4, -0.2) is 14.2 Å². The summed E-state index contributed by atoms with van der Waals surface area (Å²) in [5, 5.41) is 0. The van der Waals surface area contributed by atoms with E-state index in [0.717, 1.165) is 21.6 Å². The van der Waals surface area contributed by atoms with E-state index >= 15 is 0 Å². The van der Waals surface area contributed by atoms with Gasteiger partial charge in [0.25, 0.3) is 10.0 Å². The van der Waals surface area contributed by atoms with E-state index in [9.17, 15) is 8.42 Å². The number of sulfonamides is 1. The van der Waals surface area contributed by atoms with Crippen LogP contribution in [-0.2, 0) is 10.0 Å². The van der Waals surface area contributed by atoms with Crippen molar-refractivity contribution >= 4 is 27.5 Å². The quantitative estimate of drug-likeness (QED) is 0.558. The first-order valence-corrected chi connectivity index (χ1v) is 9.91. The van der Waals surface area contributed by atoms with Gasteiger partial charge in [0.05, 0.1) is 10.6 Å². The van der Waals surface area contributed by atoms with Crippen LogP contribution in [0.3, 0.4) is 0 Å². The lowest BCUT2D eigenvalue weighted by molar-refractivity contribution is 0.601. The van der Waals surface area contributed by atoms with Crippen LogP contribution in [0, 0.1) is 6.92 Å². The molecule has 0 unspecified atom stereocenters. The number of thioether (sulfide) groups is 1. The monoisotopic (exact) mass is 359 g/mol. The van der Waals surface area contributed by atoms with Crippen molar-refractivity contribution in [2.24, 2.45) is 0 Å². The largest absolute Gasteiger partial charge is 0.278 e. The fraction of sp³-hybridized carbons (Fsp3) is 0.158. The van der Waals surface area contributed by atoms with Gasteiger partial charge in [-0.05, 0) is 43.7 Å². The molecule has 0 saturated heterocycles. The fourth-order valence-corrected chi connectivity index (χ4v) is 4.06. The van der Waals surface area contributed by atoms with Gasteiger partial charge in [-0.3, -0.25) is 4.72 Å². The lowest BCUT2D eigenvalue weighted by atomic mass is 10.2. The molecule has 0 fully saturated rings. The van der Waals surface area contributed by atoms with Crippen LogP contribution in [0.1, 0.15) is 12.5 Å². The van der Waals surface area contributed by atoms with Crippen molar-refractivity contribution in [3.05, 3.63) is 78.4 Å². The first kappa shape index (κ1) is 18.4.